The van der Waals surface area contributed by atoms with Crippen LogP contribution in [0.5, 0.6) is 5.75 Å². The first-order chi connectivity index (χ1) is 22.2. The zero-order valence-corrected chi connectivity index (χ0v) is 28.7. The molecule has 250 valence electrons. The largest absolute Gasteiger partial charge is 0.495 e. The number of rotatable bonds is 11. The predicted octanol–water partition coefficient (Wildman–Crippen LogP) is 5.38. The van der Waals surface area contributed by atoms with Gasteiger partial charge in [-0.3, -0.25) is 14.5 Å². The second kappa shape index (κ2) is 13.9. The van der Waals surface area contributed by atoms with Crippen LogP contribution in [0, 0.1) is 11.8 Å². The molecule has 1 atom stereocenters. The molecule has 1 aromatic heterocycles. The number of anilines is 4. The Hall–Kier alpha value is -3.24. The van der Waals surface area contributed by atoms with Crippen LogP contribution in [0.2, 0.25) is 0 Å². The van der Waals surface area contributed by atoms with Crippen LogP contribution in [0.1, 0.15) is 82.5 Å². The topological polar surface area (TPSA) is 85.4 Å². The molecule has 0 unspecified atom stereocenters. The van der Waals surface area contributed by atoms with Gasteiger partial charge in [0.05, 0.1) is 19.0 Å². The molecule has 4 aliphatic rings. The van der Waals surface area contributed by atoms with E-state index in [9.17, 15) is 9.59 Å². The Morgan fingerprint density at radius 2 is 1.74 bits per heavy atom. The maximum absolute atomic E-state index is 13.5. The first kappa shape index (κ1) is 32.7. The lowest BCUT2D eigenvalue weighted by Crippen LogP contribution is -2.55. The molecule has 2 saturated carbocycles. The Morgan fingerprint density at radius 1 is 1.04 bits per heavy atom. The van der Waals surface area contributed by atoms with Crippen molar-refractivity contribution in [3.63, 3.8) is 0 Å². The average Bonchev–Trinajstić information content (AvgIpc) is 3.90. The summed E-state index contributed by atoms with van der Waals surface area (Å²) in [5.41, 5.74) is 2.17. The van der Waals surface area contributed by atoms with Gasteiger partial charge in [0.1, 0.15) is 17.5 Å². The van der Waals surface area contributed by atoms with E-state index in [0.717, 1.165) is 30.3 Å². The summed E-state index contributed by atoms with van der Waals surface area (Å²) in [5, 5.41) is 0. The summed E-state index contributed by atoms with van der Waals surface area (Å²) in [4.78, 5) is 47.2. The van der Waals surface area contributed by atoms with Crippen molar-refractivity contribution in [2.75, 3.05) is 68.6 Å². The van der Waals surface area contributed by atoms with Crippen molar-refractivity contribution < 1.29 is 14.3 Å². The molecule has 10 heteroatoms. The number of nitrogens with zero attached hydrogens (tertiary/aromatic N) is 7. The maximum atomic E-state index is 13.5. The van der Waals surface area contributed by atoms with Crippen molar-refractivity contribution >= 4 is 34.8 Å². The summed E-state index contributed by atoms with van der Waals surface area (Å²) < 4.78 is 5.80. The van der Waals surface area contributed by atoms with Crippen LogP contribution < -0.4 is 19.4 Å². The molecule has 1 aromatic carbocycles. The lowest BCUT2D eigenvalue weighted by Gasteiger charge is -2.42. The molecule has 0 radical (unpaired) electrons. The SMILES string of the molecule is CC[C@@H]1C(=O)N(C)c2cnc(N(C)c3ccc(C(=O)C[C@H]4CC[C@H](N5CCN(CC6CC6)CC5)CC4)cc3OC)nc2N1C(C)C. The molecule has 2 aliphatic heterocycles. The molecule has 0 N–H and O–H groups in total. The molecule has 10 nitrogen and oxygen atoms in total. The molecule has 2 aliphatic carbocycles. The van der Waals surface area contributed by atoms with Gasteiger partial charge in [-0.1, -0.05) is 6.92 Å². The first-order valence-electron chi connectivity index (χ1n) is 17.5. The highest BCUT2D eigenvalue weighted by Gasteiger charge is 2.39. The zero-order chi connectivity index (χ0) is 32.5. The molecule has 0 bridgehead atoms. The zero-order valence-electron chi connectivity index (χ0n) is 28.7. The number of aromatic nitrogens is 2. The van der Waals surface area contributed by atoms with Crippen molar-refractivity contribution in [1.82, 2.24) is 19.8 Å². The van der Waals surface area contributed by atoms with E-state index in [0.29, 0.717) is 47.8 Å². The van der Waals surface area contributed by atoms with Crippen molar-refractivity contribution in [3.05, 3.63) is 30.0 Å². The minimum absolute atomic E-state index is 0.0563. The van der Waals surface area contributed by atoms with Gasteiger partial charge in [0.25, 0.3) is 0 Å². The van der Waals surface area contributed by atoms with E-state index in [-0.39, 0.29) is 23.8 Å². The summed E-state index contributed by atoms with van der Waals surface area (Å²) >= 11 is 0. The Morgan fingerprint density at radius 3 is 2.37 bits per heavy atom. The van der Waals surface area contributed by atoms with E-state index in [1.54, 1.807) is 25.3 Å². The van der Waals surface area contributed by atoms with E-state index in [2.05, 4.69) is 33.5 Å². The maximum Gasteiger partial charge on any atom is 0.249 e. The summed E-state index contributed by atoms with van der Waals surface area (Å²) in [7, 11) is 5.33. The number of fused-ring (bicyclic) bond motifs is 1. The number of benzene rings is 1. The summed E-state index contributed by atoms with van der Waals surface area (Å²) in [6.07, 6.45) is 10.5. The molecule has 6 rings (SSSR count). The Kier molecular flexibility index (Phi) is 9.85. The Balaban J connectivity index is 1.08. The van der Waals surface area contributed by atoms with Gasteiger partial charge in [-0.25, -0.2) is 4.98 Å². The smallest absolute Gasteiger partial charge is 0.249 e. The highest BCUT2D eigenvalue weighted by atomic mass is 16.5. The Bertz CT molecular complexity index is 1400. The van der Waals surface area contributed by atoms with E-state index < -0.39 is 0 Å². The van der Waals surface area contributed by atoms with Crippen molar-refractivity contribution in [1.29, 1.82) is 0 Å². The highest BCUT2D eigenvalue weighted by molar-refractivity contribution is 6.04. The molecular weight excluding hydrogens is 578 g/mol. The average molecular weight is 632 g/mol. The molecule has 2 aromatic rings. The number of likely N-dealkylation sites (N-methyl/N-ethyl adjacent to an activating group) is 1. The number of methoxy groups -OCH3 is 1. The fraction of sp³-hybridized carbons (Fsp3) is 0.667. The minimum Gasteiger partial charge on any atom is -0.495 e. The van der Waals surface area contributed by atoms with Gasteiger partial charge in [0.15, 0.2) is 11.6 Å². The molecule has 46 heavy (non-hydrogen) atoms. The van der Waals surface area contributed by atoms with Gasteiger partial charge in [0, 0.05) is 70.9 Å². The quantitative estimate of drug-likeness (QED) is 0.304. The number of hydrogen-bond acceptors (Lipinski definition) is 9. The standard InChI is InChI=1S/C36H53N7O3/c1-7-29-35(45)39(4)31-22-37-36(38-34(31)43(29)24(2)3)40(5)30-15-12-27(21-33(30)46-6)32(44)20-25-10-13-28(14-11-25)42-18-16-41(17-19-42)23-26-8-9-26/h12,15,21-22,24-26,28-29H,7-11,13-14,16-20,23H2,1-6H3/t25-,28-,29-/m1/s1. The summed E-state index contributed by atoms with van der Waals surface area (Å²) in [6, 6.07) is 6.20. The Labute approximate surface area is 275 Å². The monoisotopic (exact) mass is 631 g/mol. The van der Waals surface area contributed by atoms with Crippen molar-refractivity contribution in [3.8, 4) is 5.75 Å². The third-order valence-corrected chi connectivity index (χ3v) is 10.8. The van der Waals surface area contributed by atoms with Gasteiger partial charge in [0.2, 0.25) is 11.9 Å². The number of carbonyl (C=O) groups excluding carboxylic acids is 2. The van der Waals surface area contributed by atoms with Crippen LogP contribution >= 0.6 is 0 Å². The van der Waals surface area contributed by atoms with Crippen LogP contribution in [0.4, 0.5) is 23.1 Å². The van der Waals surface area contributed by atoms with Crippen molar-refractivity contribution in [2.45, 2.75) is 90.3 Å². The number of ketones is 1. The number of ether oxygens (including phenoxy) is 1. The lowest BCUT2D eigenvalue weighted by molar-refractivity contribution is -0.120. The van der Waals surface area contributed by atoms with Gasteiger partial charge in [-0.15, -0.1) is 0 Å². The minimum atomic E-state index is -0.271. The van der Waals surface area contributed by atoms with Crippen LogP contribution in [0.15, 0.2) is 24.4 Å². The number of carbonyl (C=O) groups is 2. The predicted molar refractivity (Wildman–Crippen MR) is 184 cm³/mol. The molecular formula is C36H53N7O3. The molecule has 3 heterocycles. The molecule has 0 spiro atoms. The van der Waals surface area contributed by atoms with Crippen molar-refractivity contribution in [2.24, 2.45) is 11.8 Å². The fourth-order valence-electron chi connectivity index (χ4n) is 7.84. The van der Waals surface area contributed by atoms with E-state index in [4.69, 9.17) is 9.72 Å². The molecule has 3 fully saturated rings. The highest BCUT2D eigenvalue weighted by Crippen LogP contribution is 2.39. The van der Waals surface area contributed by atoms with Crippen LogP contribution in [-0.4, -0.2) is 104 Å². The normalized spacial score (nSPS) is 24.3. The number of hydrogen-bond donors (Lipinski definition) is 0. The number of piperazine rings is 1. The van der Waals surface area contributed by atoms with E-state index in [1.807, 2.05) is 37.1 Å². The number of amides is 1. The number of Topliss-reactive ketones (excluding diaryl/α,β-unsaturated/α-hetero) is 1. The van der Waals surface area contributed by atoms with Crippen LogP contribution in [0.3, 0.4) is 0 Å². The van der Waals surface area contributed by atoms with Crippen LogP contribution in [-0.2, 0) is 4.79 Å². The lowest BCUT2D eigenvalue weighted by atomic mass is 9.81. The first-order valence-corrected chi connectivity index (χ1v) is 17.5. The van der Waals surface area contributed by atoms with Gasteiger partial charge < -0.3 is 24.3 Å². The second-order valence-electron chi connectivity index (χ2n) is 14.2. The summed E-state index contributed by atoms with van der Waals surface area (Å²) in [6.45, 7) is 12.3. The second-order valence-corrected chi connectivity index (χ2v) is 14.2. The van der Waals surface area contributed by atoms with E-state index in [1.165, 1.54) is 58.4 Å². The van der Waals surface area contributed by atoms with Crippen LogP contribution in [0.25, 0.3) is 0 Å². The fourth-order valence-corrected chi connectivity index (χ4v) is 7.84. The molecule has 1 amide bonds. The summed E-state index contributed by atoms with van der Waals surface area (Å²) in [5.74, 6) is 3.51. The van der Waals surface area contributed by atoms with Gasteiger partial charge >= 0.3 is 0 Å². The third kappa shape index (κ3) is 6.74. The van der Waals surface area contributed by atoms with Gasteiger partial charge in [-0.05, 0) is 88.8 Å². The van der Waals surface area contributed by atoms with E-state index >= 15 is 0 Å². The third-order valence-electron chi connectivity index (χ3n) is 10.8. The van der Waals surface area contributed by atoms with Gasteiger partial charge in [-0.2, -0.15) is 4.98 Å². The molecule has 1 saturated heterocycles.